The Morgan fingerprint density at radius 3 is 2.43 bits per heavy atom. The maximum absolute atomic E-state index is 13.4. The molecular formula is C15H12ClF4N. The first-order chi connectivity index (χ1) is 9.77. The van der Waals surface area contributed by atoms with Crippen molar-refractivity contribution in [3.05, 3.63) is 70.0 Å². The van der Waals surface area contributed by atoms with Crippen LogP contribution in [0.15, 0.2) is 42.5 Å². The molecule has 1 nitrogen and oxygen atoms in total. The first-order valence-electron chi connectivity index (χ1n) is 6.14. The van der Waals surface area contributed by atoms with E-state index in [0.29, 0.717) is 11.1 Å². The first-order valence-corrected chi connectivity index (χ1v) is 6.52. The van der Waals surface area contributed by atoms with Crippen LogP contribution in [0.1, 0.15) is 22.7 Å². The molecule has 1 atom stereocenters. The average Bonchev–Trinajstić information content (AvgIpc) is 2.41. The largest absolute Gasteiger partial charge is 0.416 e. The molecule has 0 aliphatic rings. The maximum Gasteiger partial charge on any atom is 0.416 e. The molecule has 0 saturated heterocycles. The monoisotopic (exact) mass is 317 g/mol. The third-order valence-corrected chi connectivity index (χ3v) is 3.39. The van der Waals surface area contributed by atoms with Crippen LogP contribution in [0.4, 0.5) is 17.6 Å². The van der Waals surface area contributed by atoms with Gasteiger partial charge in [0.25, 0.3) is 0 Å². The molecule has 0 bridgehead atoms. The van der Waals surface area contributed by atoms with Gasteiger partial charge in [-0.2, -0.15) is 13.2 Å². The van der Waals surface area contributed by atoms with Crippen molar-refractivity contribution in [3.63, 3.8) is 0 Å². The van der Waals surface area contributed by atoms with Crippen molar-refractivity contribution in [3.8, 4) is 0 Å². The van der Waals surface area contributed by atoms with E-state index >= 15 is 0 Å². The zero-order valence-corrected chi connectivity index (χ0v) is 11.5. The van der Waals surface area contributed by atoms with Gasteiger partial charge in [-0.25, -0.2) is 4.39 Å². The van der Waals surface area contributed by atoms with Gasteiger partial charge in [0.2, 0.25) is 0 Å². The summed E-state index contributed by atoms with van der Waals surface area (Å²) >= 11 is 5.58. The highest BCUT2D eigenvalue weighted by Gasteiger charge is 2.30. The Labute approximate surface area is 124 Å². The Hall–Kier alpha value is -1.59. The van der Waals surface area contributed by atoms with Crippen LogP contribution in [-0.2, 0) is 12.6 Å². The van der Waals surface area contributed by atoms with E-state index in [9.17, 15) is 17.6 Å². The van der Waals surface area contributed by atoms with Crippen molar-refractivity contribution < 1.29 is 17.6 Å². The number of hydrogen-bond donors (Lipinski definition) is 1. The molecule has 0 saturated carbocycles. The molecule has 6 heteroatoms. The summed E-state index contributed by atoms with van der Waals surface area (Å²) in [4.78, 5) is 0. The van der Waals surface area contributed by atoms with Crippen molar-refractivity contribution in [2.24, 2.45) is 5.73 Å². The van der Waals surface area contributed by atoms with Crippen LogP contribution in [0.5, 0.6) is 0 Å². The van der Waals surface area contributed by atoms with Crippen LogP contribution < -0.4 is 5.73 Å². The highest BCUT2D eigenvalue weighted by molar-refractivity contribution is 6.30. The molecule has 0 amide bonds. The minimum atomic E-state index is -4.40. The van der Waals surface area contributed by atoms with Gasteiger partial charge in [0, 0.05) is 6.04 Å². The fourth-order valence-electron chi connectivity index (χ4n) is 1.99. The number of benzene rings is 2. The van der Waals surface area contributed by atoms with Crippen molar-refractivity contribution in [1.82, 2.24) is 0 Å². The van der Waals surface area contributed by atoms with Gasteiger partial charge in [0.1, 0.15) is 5.82 Å². The number of rotatable bonds is 3. The van der Waals surface area contributed by atoms with Crippen LogP contribution in [0.25, 0.3) is 0 Å². The number of nitrogens with two attached hydrogens (primary N) is 1. The lowest BCUT2D eigenvalue weighted by molar-refractivity contribution is -0.137. The number of hydrogen-bond acceptors (Lipinski definition) is 1. The van der Waals surface area contributed by atoms with Gasteiger partial charge in [-0.05, 0) is 35.7 Å². The van der Waals surface area contributed by atoms with Crippen LogP contribution in [0.3, 0.4) is 0 Å². The quantitative estimate of drug-likeness (QED) is 0.813. The van der Waals surface area contributed by atoms with E-state index in [-0.39, 0.29) is 11.4 Å². The van der Waals surface area contributed by atoms with Gasteiger partial charge in [-0.3, -0.25) is 0 Å². The Morgan fingerprint density at radius 1 is 1.10 bits per heavy atom. The number of alkyl halides is 3. The zero-order valence-electron chi connectivity index (χ0n) is 10.8. The van der Waals surface area contributed by atoms with Crippen molar-refractivity contribution in [1.29, 1.82) is 0 Å². The molecule has 0 fully saturated rings. The molecule has 112 valence electrons. The van der Waals surface area contributed by atoms with Gasteiger partial charge in [0.05, 0.1) is 10.6 Å². The fraction of sp³-hybridized carbons (Fsp3) is 0.200. The summed E-state index contributed by atoms with van der Waals surface area (Å²) in [7, 11) is 0. The first kappa shape index (κ1) is 15.8. The second-order valence-corrected chi connectivity index (χ2v) is 5.09. The van der Waals surface area contributed by atoms with Crippen molar-refractivity contribution in [2.75, 3.05) is 0 Å². The van der Waals surface area contributed by atoms with E-state index in [0.717, 1.165) is 12.1 Å². The summed E-state index contributed by atoms with van der Waals surface area (Å²) in [6, 6.07) is 8.45. The van der Waals surface area contributed by atoms with E-state index in [1.165, 1.54) is 18.2 Å². The molecule has 0 aliphatic carbocycles. The highest BCUT2D eigenvalue weighted by atomic mass is 35.5. The Bertz CT molecular complexity index is 640. The van der Waals surface area contributed by atoms with Crippen molar-refractivity contribution in [2.45, 2.75) is 18.6 Å². The third kappa shape index (κ3) is 3.95. The molecule has 0 aromatic heterocycles. The molecule has 0 heterocycles. The van der Waals surface area contributed by atoms with Gasteiger partial charge >= 0.3 is 6.18 Å². The molecule has 2 aromatic carbocycles. The van der Waals surface area contributed by atoms with Crippen LogP contribution >= 0.6 is 11.6 Å². The average molecular weight is 318 g/mol. The van der Waals surface area contributed by atoms with Gasteiger partial charge < -0.3 is 5.73 Å². The lowest BCUT2D eigenvalue weighted by atomic mass is 9.98. The summed E-state index contributed by atoms with van der Waals surface area (Å²) in [6.07, 6.45) is -4.22. The summed E-state index contributed by atoms with van der Waals surface area (Å²) in [5.74, 6) is -0.603. The smallest absolute Gasteiger partial charge is 0.324 e. The normalized spacial score (nSPS) is 13.2. The van der Waals surface area contributed by atoms with E-state index in [1.54, 1.807) is 12.1 Å². The van der Waals surface area contributed by atoms with Gasteiger partial charge in [-0.1, -0.05) is 35.9 Å². The lowest BCUT2D eigenvalue weighted by Crippen LogP contribution is -2.14. The molecule has 2 rings (SSSR count). The van der Waals surface area contributed by atoms with E-state index in [1.807, 2.05) is 0 Å². The molecule has 0 aliphatic heterocycles. The Kier molecular flexibility index (Phi) is 4.54. The maximum atomic E-state index is 13.4. The second kappa shape index (κ2) is 6.03. The summed E-state index contributed by atoms with van der Waals surface area (Å²) in [5, 5.41) is -0.0231. The molecule has 2 N–H and O–H groups in total. The summed E-state index contributed by atoms with van der Waals surface area (Å²) in [5.41, 5.74) is 6.11. The van der Waals surface area contributed by atoms with Crippen LogP contribution in [0, 0.1) is 5.82 Å². The molecule has 21 heavy (non-hydrogen) atoms. The van der Waals surface area contributed by atoms with E-state index < -0.39 is 23.6 Å². The molecule has 0 spiro atoms. The Morgan fingerprint density at radius 2 is 1.81 bits per heavy atom. The van der Waals surface area contributed by atoms with E-state index in [2.05, 4.69) is 0 Å². The topological polar surface area (TPSA) is 26.0 Å². The Balaban J connectivity index is 2.19. The minimum Gasteiger partial charge on any atom is -0.324 e. The fourth-order valence-corrected chi connectivity index (χ4v) is 2.11. The summed E-state index contributed by atoms with van der Waals surface area (Å²) in [6.45, 7) is 0. The lowest BCUT2D eigenvalue weighted by Gasteiger charge is -2.14. The molecular weight excluding hydrogens is 306 g/mol. The SMILES string of the molecule is NC(Cc1cccc(C(F)(F)F)c1)c1ccc(Cl)c(F)c1. The molecule has 2 aromatic rings. The predicted octanol–water partition coefficient (Wildman–Crippen LogP) is 4.74. The van der Waals surface area contributed by atoms with Crippen LogP contribution in [0.2, 0.25) is 5.02 Å². The highest BCUT2D eigenvalue weighted by Crippen LogP contribution is 2.30. The zero-order chi connectivity index (χ0) is 15.6. The van der Waals surface area contributed by atoms with Crippen molar-refractivity contribution >= 4 is 11.6 Å². The molecule has 1 unspecified atom stereocenters. The minimum absolute atomic E-state index is 0.0231. The van der Waals surface area contributed by atoms with Gasteiger partial charge in [0.15, 0.2) is 0 Å². The number of halogens is 5. The predicted molar refractivity (Wildman–Crippen MR) is 73.5 cm³/mol. The van der Waals surface area contributed by atoms with Crippen LogP contribution in [-0.4, -0.2) is 0 Å². The van der Waals surface area contributed by atoms with Gasteiger partial charge in [-0.15, -0.1) is 0 Å². The molecule has 0 radical (unpaired) electrons. The van der Waals surface area contributed by atoms with E-state index in [4.69, 9.17) is 17.3 Å². The third-order valence-electron chi connectivity index (χ3n) is 3.08. The standard InChI is InChI=1S/C15H12ClF4N/c16-12-5-4-10(8-13(12)17)14(21)7-9-2-1-3-11(6-9)15(18,19)20/h1-6,8,14H,7,21H2. The summed E-state index contributed by atoms with van der Waals surface area (Å²) < 4.78 is 51.3. The second-order valence-electron chi connectivity index (χ2n) is 4.68.